The summed E-state index contributed by atoms with van der Waals surface area (Å²) in [5, 5.41) is 3.28. The molecule has 138 valence electrons. The van der Waals surface area contributed by atoms with Crippen LogP contribution in [-0.2, 0) is 0 Å². The number of benzene rings is 1. The van der Waals surface area contributed by atoms with Crippen LogP contribution in [0.5, 0.6) is 11.6 Å². The van der Waals surface area contributed by atoms with Gasteiger partial charge in [0, 0.05) is 25.2 Å². The van der Waals surface area contributed by atoms with Gasteiger partial charge in [-0.3, -0.25) is 0 Å². The molecule has 0 fully saturated rings. The molecule has 0 spiro atoms. The Morgan fingerprint density at radius 1 is 1.27 bits per heavy atom. The molecule has 3 rings (SSSR count). The third-order valence-corrected chi connectivity index (χ3v) is 4.37. The van der Waals surface area contributed by atoms with Crippen molar-refractivity contribution in [2.75, 3.05) is 13.7 Å². The summed E-state index contributed by atoms with van der Waals surface area (Å²) in [6.07, 6.45) is 2.43. The number of nitrogens with one attached hydrogen (secondary N) is 1. The third kappa shape index (κ3) is 3.80. The van der Waals surface area contributed by atoms with Crippen LogP contribution in [0.15, 0.2) is 42.6 Å². The van der Waals surface area contributed by atoms with Gasteiger partial charge in [0.1, 0.15) is 17.2 Å². The number of aromatic nitrogens is 1. The van der Waals surface area contributed by atoms with Crippen molar-refractivity contribution in [1.82, 2.24) is 10.3 Å². The number of nitrogens with zero attached hydrogens (tertiary/aromatic N) is 1. The Hall–Kier alpha value is -2.60. The molecule has 1 atom stereocenters. The minimum absolute atomic E-state index is 0.0566. The van der Waals surface area contributed by atoms with E-state index in [0.717, 1.165) is 11.3 Å². The third-order valence-electron chi connectivity index (χ3n) is 4.37. The number of ether oxygens (including phenoxy) is 2. The smallest absolute Gasteiger partial charge is 0.214 e. The zero-order valence-electron chi connectivity index (χ0n) is 15.3. The number of hydrogen-bond acceptors (Lipinski definition) is 5. The van der Waals surface area contributed by atoms with Crippen molar-refractivity contribution >= 4 is 5.57 Å². The van der Waals surface area contributed by atoms with E-state index in [1.807, 2.05) is 38.2 Å². The van der Waals surface area contributed by atoms with Gasteiger partial charge in [-0.25, -0.2) is 9.37 Å². The Morgan fingerprint density at radius 2 is 2.04 bits per heavy atom. The summed E-state index contributed by atoms with van der Waals surface area (Å²) in [5.41, 5.74) is 7.40. The molecule has 3 N–H and O–H groups in total. The number of methoxy groups -OCH3 is 1. The molecule has 0 radical (unpaired) electrons. The van der Waals surface area contributed by atoms with Crippen molar-refractivity contribution in [2.45, 2.75) is 31.9 Å². The van der Waals surface area contributed by atoms with Crippen LogP contribution in [0.3, 0.4) is 0 Å². The van der Waals surface area contributed by atoms with Crippen molar-refractivity contribution in [3.63, 3.8) is 0 Å². The van der Waals surface area contributed by atoms with E-state index in [4.69, 9.17) is 15.2 Å². The molecular weight excluding hydrogens is 333 g/mol. The highest BCUT2D eigenvalue weighted by Gasteiger charge is 2.25. The molecule has 2 aromatic rings. The maximum absolute atomic E-state index is 14.3. The fourth-order valence-corrected chi connectivity index (χ4v) is 2.90. The molecule has 0 aliphatic carbocycles. The number of pyridine rings is 1. The van der Waals surface area contributed by atoms with Crippen LogP contribution in [-0.4, -0.2) is 24.2 Å². The Morgan fingerprint density at radius 3 is 2.77 bits per heavy atom. The first kappa shape index (κ1) is 18.2. The Kier molecular flexibility index (Phi) is 5.13. The zero-order valence-corrected chi connectivity index (χ0v) is 15.3. The van der Waals surface area contributed by atoms with E-state index in [2.05, 4.69) is 10.3 Å². The molecule has 1 aliphatic rings. The van der Waals surface area contributed by atoms with Crippen LogP contribution >= 0.6 is 0 Å². The lowest BCUT2D eigenvalue weighted by molar-refractivity contribution is 0.112. The van der Waals surface area contributed by atoms with Gasteiger partial charge in [-0.1, -0.05) is 12.1 Å². The van der Waals surface area contributed by atoms with Crippen LogP contribution in [0.2, 0.25) is 0 Å². The maximum atomic E-state index is 14.3. The number of halogens is 1. The predicted molar refractivity (Wildman–Crippen MR) is 99.4 cm³/mol. The summed E-state index contributed by atoms with van der Waals surface area (Å²) in [5.74, 6) is 0.748. The molecule has 0 saturated heterocycles. The van der Waals surface area contributed by atoms with Gasteiger partial charge in [0.2, 0.25) is 5.88 Å². The van der Waals surface area contributed by atoms with Gasteiger partial charge in [0.25, 0.3) is 0 Å². The predicted octanol–water partition coefficient (Wildman–Crippen LogP) is 3.42. The van der Waals surface area contributed by atoms with Gasteiger partial charge in [-0.2, -0.15) is 0 Å². The van der Waals surface area contributed by atoms with Crippen LogP contribution in [0.4, 0.5) is 4.39 Å². The number of rotatable bonds is 6. The summed E-state index contributed by atoms with van der Waals surface area (Å²) in [7, 11) is 1.54. The summed E-state index contributed by atoms with van der Waals surface area (Å²) in [6, 6.07) is 10.4. The lowest BCUT2D eigenvalue weighted by Gasteiger charge is -2.24. The van der Waals surface area contributed by atoms with Crippen molar-refractivity contribution < 1.29 is 13.9 Å². The van der Waals surface area contributed by atoms with Gasteiger partial charge < -0.3 is 20.5 Å². The zero-order chi connectivity index (χ0) is 18.7. The maximum Gasteiger partial charge on any atom is 0.214 e. The van der Waals surface area contributed by atoms with Crippen molar-refractivity contribution in [1.29, 1.82) is 0 Å². The van der Waals surface area contributed by atoms with Crippen molar-refractivity contribution in [3.8, 4) is 11.6 Å². The molecule has 1 unspecified atom stereocenters. The van der Waals surface area contributed by atoms with E-state index < -0.39 is 5.60 Å². The highest BCUT2D eigenvalue weighted by Crippen LogP contribution is 2.37. The Balaban J connectivity index is 1.79. The second kappa shape index (κ2) is 7.33. The molecule has 1 aliphatic heterocycles. The molecular formula is C20H24FN3O2. The second-order valence-electron chi connectivity index (χ2n) is 6.88. The van der Waals surface area contributed by atoms with Crippen LogP contribution in [0.1, 0.15) is 37.6 Å². The van der Waals surface area contributed by atoms with Gasteiger partial charge >= 0.3 is 0 Å². The van der Waals surface area contributed by atoms with Gasteiger partial charge in [0.05, 0.1) is 24.4 Å². The molecule has 1 aromatic carbocycles. The Labute approximate surface area is 153 Å². The largest absolute Gasteiger partial charge is 0.496 e. The van der Waals surface area contributed by atoms with Gasteiger partial charge in [-0.05, 0) is 37.6 Å². The van der Waals surface area contributed by atoms with E-state index in [-0.39, 0.29) is 11.9 Å². The summed E-state index contributed by atoms with van der Waals surface area (Å²) in [6.45, 7) is 4.22. The van der Waals surface area contributed by atoms with E-state index >= 15 is 0 Å². The number of hydrogen-bond donors (Lipinski definition) is 2. The highest BCUT2D eigenvalue weighted by molar-refractivity contribution is 5.73. The SMILES string of the molecule is COc1cccc(F)c1C1=CNC(c2cccc(OC(C)(C)CN)n2)C1. The van der Waals surface area contributed by atoms with Crippen LogP contribution in [0, 0.1) is 5.82 Å². The quantitative estimate of drug-likeness (QED) is 0.829. The van der Waals surface area contributed by atoms with Crippen molar-refractivity contribution in [2.24, 2.45) is 5.73 Å². The first-order valence-electron chi connectivity index (χ1n) is 8.57. The van der Waals surface area contributed by atoms with Crippen LogP contribution in [0.25, 0.3) is 5.57 Å². The van der Waals surface area contributed by atoms with E-state index in [9.17, 15) is 4.39 Å². The normalized spacial score (nSPS) is 16.8. The molecule has 2 heterocycles. The average molecular weight is 357 g/mol. The van der Waals surface area contributed by atoms with Crippen LogP contribution < -0.4 is 20.5 Å². The molecule has 6 heteroatoms. The lowest BCUT2D eigenvalue weighted by Crippen LogP contribution is -2.37. The molecule has 0 amide bonds. The molecule has 5 nitrogen and oxygen atoms in total. The lowest BCUT2D eigenvalue weighted by atomic mass is 9.99. The van der Waals surface area contributed by atoms with Gasteiger partial charge in [-0.15, -0.1) is 0 Å². The first-order valence-corrected chi connectivity index (χ1v) is 8.57. The average Bonchev–Trinajstić information content (AvgIpc) is 3.11. The molecule has 26 heavy (non-hydrogen) atoms. The van der Waals surface area contributed by atoms with Crippen molar-refractivity contribution in [3.05, 3.63) is 59.7 Å². The second-order valence-corrected chi connectivity index (χ2v) is 6.88. The van der Waals surface area contributed by atoms with E-state index in [0.29, 0.717) is 30.2 Å². The highest BCUT2D eigenvalue weighted by atomic mass is 19.1. The fraction of sp³-hybridized carbons (Fsp3) is 0.350. The van der Waals surface area contributed by atoms with E-state index in [1.165, 1.54) is 6.07 Å². The molecule has 0 bridgehead atoms. The standard InChI is InChI=1S/C20H24FN3O2/c1-20(2,12-22)26-18-9-5-7-15(24-18)16-10-13(11-23-16)19-14(21)6-4-8-17(19)25-3/h4-9,11,16,23H,10,12,22H2,1-3H3. The minimum Gasteiger partial charge on any atom is -0.496 e. The fourth-order valence-electron chi connectivity index (χ4n) is 2.90. The first-order chi connectivity index (χ1) is 12.4. The van der Waals surface area contributed by atoms with Gasteiger partial charge in [0.15, 0.2) is 0 Å². The monoisotopic (exact) mass is 357 g/mol. The summed E-state index contributed by atoms with van der Waals surface area (Å²) in [4.78, 5) is 4.58. The minimum atomic E-state index is -0.487. The molecule has 1 aromatic heterocycles. The summed E-state index contributed by atoms with van der Waals surface area (Å²) < 4.78 is 25.5. The topological polar surface area (TPSA) is 69.4 Å². The van der Waals surface area contributed by atoms with E-state index in [1.54, 1.807) is 19.2 Å². The molecule has 0 saturated carbocycles. The Bertz CT molecular complexity index is 820. The number of nitrogens with two attached hydrogens (primary N) is 1. The summed E-state index contributed by atoms with van der Waals surface area (Å²) >= 11 is 0.